The van der Waals surface area contributed by atoms with Crippen LogP contribution in [0.15, 0.2) is 29.0 Å². The molecule has 2 aromatic heterocycles. The Hall–Kier alpha value is -1.26. The summed E-state index contributed by atoms with van der Waals surface area (Å²) < 4.78 is 6.60. The Bertz CT molecular complexity index is 450. The quantitative estimate of drug-likeness (QED) is 0.870. The zero-order valence-corrected chi connectivity index (χ0v) is 8.98. The predicted molar refractivity (Wildman–Crippen MR) is 55.6 cm³/mol. The second-order valence-corrected chi connectivity index (χ2v) is 3.69. The van der Waals surface area contributed by atoms with Gasteiger partial charge in [-0.25, -0.2) is 0 Å². The fourth-order valence-corrected chi connectivity index (χ4v) is 1.66. The summed E-state index contributed by atoms with van der Waals surface area (Å²) in [5.74, 6) is 0. The molecule has 5 heteroatoms. The summed E-state index contributed by atoms with van der Waals surface area (Å²) in [6.45, 7) is 0. The highest BCUT2D eigenvalue weighted by molar-refractivity contribution is 6.29. The van der Waals surface area contributed by atoms with E-state index in [1.165, 1.54) is 6.26 Å². The summed E-state index contributed by atoms with van der Waals surface area (Å²) in [7, 11) is 1.83. The number of hydrogen-bond acceptors (Lipinski definition) is 3. The molecule has 0 aliphatic carbocycles. The minimum absolute atomic E-state index is 0.235. The van der Waals surface area contributed by atoms with Crippen LogP contribution in [-0.2, 0) is 13.5 Å². The van der Waals surface area contributed by atoms with Gasteiger partial charge in [-0.05, 0) is 23.7 Å². The van der Waals surface area contributed by atoms with Gasteiger partial charge in [0.1, 0.15) is 0 Å². The van der Waals surface area contributed by atoms with Crippen molar-refractivity contribution in [1.82, 2.24) is 9.78 Å². The number of furan rings is 1. The van der Waals surface area contributed by atoms with E-state index in [-0.39, 0.29) is 5.22 Å². The number of aliphatic hydroxyl groups excluding tert-OH is 1. The summed E-state index contributed by atoms with van der Waals surface area (Å²) in [5.41, 5.74) is 1.42. The Labute approximate surface area is 92.1 Å². The third-order valence-corrected chi connectivity index (χ3v) is 2.48. The molecule has 1 atom stereocenters. The van der Waals surface area contributed by atoms with Crippen LogP contribution in [0.25, 0.3) is 0 Å². The molecule has 0 fully saturated rings. The Morgan fingerprint density at radius 3 is 2.93 bits per heavy atom. The van der Waals surface area contributed by atoms with Crippen LogP contribution in [0.1, 0.15) is 17.4 Å². The van der Waals surface area contributed by atoms with Crippen LogP contribution in [0, 0.1) is 0 Å². The van der Waals surface area contributed by atoms with E-state index >= 15 is 0 Å². The fraction of sp³-hybridized carbons (Fsp3) is 0.300. The van der Waals surface area contributed by atoms with Crippen LogP contribution in [0.3, 0.4) is 0 Å². The number of aliphatic hydroxyl groups is 1. The summed E-state index contributed by atoms with van der Waals surface area (Å²) in [5, 5.41) is 14.3. The second kappa shape index (κ2) is 4.08. The second-order valence-electron chi connectivity index (χ2n) is 3.35. The first-order valence-corrected chi connectivity index (χ1v) is 4.94. The molecule has 4 nitrogen and oxygen atoms in total. The summed E-state index contributed by atoms with van der Waals surface area (Å²) in [4.78, 5) is 0. The van der Waals surface area contributed by atoms with Crippen molar-refractivity contribution < 1.29 is 9.52 Å². The van der Waals surface area contributed by atoms with Gasteiger partial charge in [-0.2, -0.15) is 5.10 Å². The van der Waals surface area contributed by atoms with Gasteiger partial charge < -0.3 is 9.52 Å². The van der Waals surface area contributed by atoms with E-state index in [1.807, 2.05) is 19.3 Å². The molecule has 2 rings (SSSR count). The van der Waals surface area contributed by atoms with E-state index in [4.69, 9.17) is 16.0 Å². The molecule has 0 spiro atoms. The molecule has 0 saturated carbocycles. The maximum absolute atomic E-state index is 9.86. The smallest absolute Gasteiger partial charge is 0.198 e. The van der Waals surface area contributed by atoms with Gasteiger partial charge in [-0.3, -0.25) is 4.68 Å². The normalized spacial score (nSPS) is 13.0. The van der Waals surface area contributed by atoms with Crippen LogP contribution in [0.2, 0.25) is 5.22 Å². The number of aryl methyl sites for hydroxylation is 1. The molecular weight excluding hydrogens is 216 g/mol. The van der Waals surface area contributed by atoms with Crippen molar-refractivity contribution >= 4 is 11.6 Å². The summed E-state index contributed by atoms with van der Waals surface area (Å²) >= 11 is 5.75. The van der Waals surface area contributed by atoms with Crippen molar-refractivity contribution in [2.45, 2.75) is 12.5 Å². The molecule has 0 amide bonds. The van der Waals surface area contributed by atoms with Crippen molar-refractivity contribution in [2.75, 3.05) is 0 Å². The molecule has 80 valence electrons. The fourth-order valence-electron chi connectivity index (χ4n) is 1.42. The van der Waals surface area contributed by atoms with Crippen molar-refractivity contribution in [3.05, 3.63) is 41.1 Å². The van der Waals surface area contributed by atoms with Gasteiger partial charge in [0, 0.05) is 25.2 Å². The average molecular weight is 227 g/mol. The van der Waals surface area contributed by atoms with Crippen molar-refractivity contribution in [1.29, 1.82) is 0 Å². The van der Waals surface area contributed by atoms with Crippen LogP contribution < -0.4 is 0 Å². The Balaban J connectivity index is 2.10. The van der Waals surface area contributed by atoms with Crippen LogP contribution in [0.4, 0.5) is 0 Å². The van der Waals surface area contributed by atoms with Crippen LogP contribution in [-0.4, -0.2) is 14.9 Å². The molecule has 1 unspecified atom stereocenters. The average Bonchev–Trinajstić information content (AvgIpc) is 2.75. The van der Waals surface area contributed by atoms with Gasteiger partial charge in [0.25, 0.3) is 0 Å². The lowest BCUT2D eigenvalue weighted by Crippen LogP contribution is -2.02. The van der Waals surface area contributed by atoms with Crippen molar-refractivity contribution in [2.24, 2.45) is 7.05 Å². The first kappa shape index (κ1) is 10.3. The summed E-state index contributed by atoms with van der Waals surface area (Å²) in [6.07, 6.45) is 3.05. The molecular formula is C10H11ClN2O2. The zero-order chi connectivity index (χ0) is 10.8. The van der Waals surface area contributed by atoms with Gasteiger partial charge in [0.2, 0.25) is 0 Å². The van der Waals surface area contributed by atoms with Crippen LogP contribution in [0.5, 0.6) is 0 Å². The number of aromatic nitrogens is 2. The first-order chi connectivity index (χ1) is 7.16. The highest BCUT2D eigenvalue weighted by Crippen LogP contribution is 2.25. The maximum Gasteiger partial charge on any atom is 0.198 e. The van der Waals surface area contributed by atoms with Crippen LogP contribution >= 0.6 is 11.6 Å². The molecule has 0 saturated heterocycles. The van der Waals surface area contributed by atoms with E-state index in [0.29, 0.717) is 12.0 Å². The lowest BCUT2D eigenvalue weighted by Gasteiger charge is -2.06. The highest BCUT2D eigenvalue weighted by atomic mass is 35.5. The number of nitrogens with zero attached hydrogens (tertiary/aromatic N) is 2. The molecule has 2 heterocycles. The largest absolute Gasteiger partial charge is 0.453 e. The molecule has 2 aromatic rings. The van der Waals surface area contributed by atoms with Gasteiger partial charge in [0.15, 0.2) is 5.22 Å². The SMILES string of the molecule is Cn1ccc(CC(O)c2ccoc2Cl)n1. The first-order valence-electron chi connectivity index (χ1n) is 4.56. The molecule has 0 aromatic carbocycles. The molecule has 0 aliphatic heterocycles. The molecule has 0 aliphatic rings. The van der Waals surface area contributed by atoms with E-state index in [0.717, 1.165) is 5.69 Å². The van der Waals surface area contributed by atoms with Gasteiger partial charge in [0.05, 0.1) is 18.1 Å². The topological polar surface area (TPSA) is 51.2 Å². The monoisotopic (exact) mass is 226 g/mol. The van der Waals surface area contributed by atoms with Gasteiger partial charge >= 0.3 is 0 Å². The standard InChI is InChI=1S/C10H11ClN2O2/c1-13-4-2-7(12-13)6-9(14)8-3-5-15-10(8)11/h2-5,9,14H,6H2,1H3. The molecule has 1 N–H and O–H groups in total. The third kappa shape index (κ3) is 2.22. The zero-order valence-electron chi connectivity index (χ0n) is 8.22. The Morgan fingerprint density at radius 2 is 2.40 bits per heavy atom. The number of halogens is 1. The number of hydrogen-bond donors (Lipinski definition) is 1. The lowest BCUT2D eigenvalue weighted by molar-refractivity contribution is 0.176. The van der Waals surface area contributed by atoms with E-state index in [2.05, 4.69) is 5.10 Å². The van der Waals surface area contributed by atoms with Gasteiger partial charge in [-0.1, -0.05) is 0 Å². The van der Waals surface area contributed by atoms with Gasteiger partial charge in [-0.15, -0.1) is 0 Å². The molecule has 15 heavy (non-hydrogen) atoms. The van der Waals surface area contributed by atoms with E-state index in [9.17, 15) is 5.11 Å². The number of rotatable bonds is 3. The molecule has 0 radical (unpaired) electrons. The Kier molecular flexibility index (Phi) is 2.79. The van der Waals surface area contributed by atoms with Crippen molar-refractivity contribution in [3.63, 3.8) is 0 Å². The third-order valence-electron chi connectivity index (χ3n) is 2.18. The molecule has 0 bridgehead atoms. The van der Waals surface area contributed by atoms with E-state index < -0.39 is 6.10 Å². The Morgan fingerprint density at radius 1 is 1.60 bits per heavy atom. The minimum Gasteiger partial charge on any atom is -0.453 e. The van der Waals surface area contributed by atoms with Crippen molar-refractivity contribution in [3.8, 4) is 0 Å². The minimum atomic E-state index is -0.675. The lowest BCUT2D eigenvalue weighted by atomic mass is 10.1. The summed E-state index contributed by atoms with van der Waals surface area (Å²) in [6, 6.07) is 3.52. The highest BCUT2D eigenvalue weighted by Gasteiger charge is 2.15. The van der Waals surface area contributed by atoms with E-state index in [1.54, 1.807) is 10.7 Å². The maximum atomic E-state index is 9.86. The predicted octanol–water partition coefficient (Wildman–Crippen LogP) is 1.94.